The second-order valence-electron chi connectivity index (χ2n) is 9.86. The van der Waals surface area contributed by atoms with Crippen LogP contribution in [0.15, 0.2) is 23.8 Å². The maximum absolute atomic E-state index is 12.6. The SMILES string of the molecule is C=CC(OC)C(C)/C(C)=C(\C)CN(C)C(CCCC)CC(C)NC(=O)CC1CCOCC1.CC.CC. The van der Waals surface area contributed by atoms with E-state index in [2.05, 4.69) is 58.5 Å². The van der Waals surface area contributed by atoms with Crippen molar-refractivity contribution in [2.75, 3.05) is 33.9 Å². The highest BCUT2D eigenvalue weighted by Crippen LogP contribution is 2.23. The van der Waals surface area contributed by atoms with Gasteiger partial charge in [-0.1, -0.05) is 71.6 Å². The molecule has 0 aliphatic carbocycles. The Hall–Kier alpha value is -1.17. The van der Waals surface area contributed by atoms with E-state index < -0.39 is 0 Å². The second kappa shape index (κ2) is 23.0. The van der Waals surface area contributed by atoms with E-state index in [-0.39, 0.29) is 18.1 Å². The lowest BCUT2D eigenvalue weighted by Gasteiger charge is -2.32. The van der Waals surface area contributed by atoms with Gasteiger partial charge in [0, 0.05) is 51.3 Å². The molecule has 1 heterocycles. The number of nitrogens with one attached hydrogen (secondary N) is 1. The minimum Gasteiger partial charge on any atom is -0.381 e. The Labute approximate surface area is 225 Å². The van der Waals surface area contributed by atoms with Crippen LogP contribution in [-0.2, 0) is 14.3 Å². The first-order chi connectivity index (χ1) is 17.2. The number of hydrogen-bond acceptors (Lipinski definition) is 4. The molecule has 1 fully saturated rings. The van der Waals surface area contributed by atoms with Crippen LogP contribution in [0.2, 0.25) is 0 Å². The summed E-state index contributed by atoms with van der Waals surface area (Å²) in [6, 6.07) is 0.624. The van der Waals surface area contributed by atoms with Crippen LogP contribution in [0.1, 0.15) is 107 Å². The fourth-order valence-electron chi connectivity index (χ4n) is 4.74. The topological polar surface area (TPSA) is 50.8 Å². The Bertz CT molecular complexity index is 584. The van der Waals surface area contributed by atoms with Gasteiger partial charge in [-0.15, -0.1) is 6.58 Å². The number of unbranched alkanes of at least 4 members (excludes halogenated alkanes) is 1. The van der Waals surface area contributed by atoms with Crippen LogP contribution in [0.25, 0.3) is 0 Å². The molecule has 0 aromatic heterocycles. The molecule has 0 aromatic rings. The smallest absolute Gasteiger partial charge is 0.220 e. The molecule has 0 aromatic carbocycles. The minimum atomic E-state index is 0.0390. The first-order valence-electron chi connectivity index (χ1n) is 14.6. The summed E-state index contributed by atoms with van der Waals surface area (Å²) >= 11 is 0. The molecule has 1 aliphatic rings. The van der Waals surface area contributed by atoms with Crippen LogP contribution in [0, 0.1) is 11.8 Å². The Morgan fingerprint density at radius 1 is 1.17 bits per heavy atom. The van der Waals surface area contributed by atoms with E-state index in [0.29, 0.717) is 24.3 Å². The molecule has 0 bridgehead atoms. The van der Waals surface area contributed by atoms with Gasteiger partial charge in [0.1, 0.15) is 0 Å². The Kier molecular flexibility index (Phi) is 23.6. The normalized spacial score (nSPS) is 17.9. The summed E-state index contributed by atoms with van der Waals surface area (Å²) in [5.41, 5.74) is 2.76. The van der Waals surface area contributed by atoms with Gasteiger partial charge in [-0.3, -0.25) is 9.69 Å². The van der Waals surface area contributed by atoms with Gasteiger partial charge in [0.2, 0.25) is 5.91 Å². The van der Waals surface area contributed by atoms with E-state index in [1.807, 2.05) is 33.8 Å². The summed E-state index contributed by atoms with van der Waals surface area (Å²) in [5.74, 6) is 0.971. The second-order valence-corrected chi connectivity index (χ2v) is 9.86. The number of methoxy groups -OCH3 is 1. The number of rotatable bonds is 15. The van der Waals surface area contributed by atoms with Crippen LogP contribution in [0.3, 0.4) is 0 Å². The van der Waals surface area contributed by atoms with Gasteiger partial charge in [0.15, 0.2) is 0 Å². The number of amides is 1. The van der Waals surface area contributed by atoms with Gasteiger partial charge in [0.25, 0.3) is 0 Å². The van der Waals surface area contributed by atoms with Gasteiger partial charge in [-0.05, 0) is 59.4 Å². The zero-order chi connectivity index (χ0) is 28.1. The molecule has 36 heavy (non-hydrogen) atoms. The zero-order valence-electron chi connectivity index (χ0n) is 25.9. The highest BCUT2D eigenvalue weighted by molar-refractivity contribution is 5.76. The van der Waals surface area contributed by atoms with Crippen LogP contribution in [-0.4, -0.2) is 62.9 Å². The van der Waals surface area contributed by atoms with Crippen molar-refractivity contribution in [2.45, 2.75) is 125 Å². The predicted molar refractivity (Wildman–Crippen MR) is 158 cm³/mol. The third-order valence-corrected chi connectivity index (χ3v) is 7.20. The van der Waals surface area contributed by atoms with Gasteiger partial charge >= 0.3 is 0 Å². The van der Waals surface area contributed by atoms with Gasteiger partial charge < -0.3 is 14.8 Å². The van der Waals surface area contributed by atoms with Gasteiger partial charge in [0.05, 0.1) is 6.10 Å². The van der Waals surface area contributed by atoms with E-state index in [1.165, 1.54) is 24.0 Å². The van der Waals surface area contributed by atoms with Gasteiger partial charge in [-0.25, -0.2) is 0 Å². The molecule has 5 nitrogen and oxygen atoms in total. The number of hydrogen-bond donors (Lipinski definition) is 1. The molecule has 5 heteroatoms. The Morgan fingerprint density at radius 3 is 2.25 bits per heavy atom. The minimum absolute atomic E-state index is 0.0390. The van der Waals surface area contributed by atoms with E-state index in [1.54, 1.807) is 7.11 Å². The molecule has 214 valence electrons. The van der Waals surface area contributed by atoms with Crippen molar-refractivity contribution in [3.8, 4) is 0 Å². The number of nitrogens with zero attached hydrogens (tertiary/aromatic N) is 1. The lowest BCUT2D eigenvalue weighted by molar-refractivity contribution is -0.123. The molecule has 1 amide bonds. The summed E-state index contributed by atoms with van der Waals surface area (Å²) < 4.78 is 11.0. The number of carbonyl (C=O) groups is 1. The third-order valence-electron chi connectivity index (χ3n) is 7.20. The maximum Gasteiger partial charge on any atom is 0.220 e. The lowest BCUT2D eigenvalue weighted by Crippen LogP contribution is -2.41. The molecule has 4 unspecified atom stereocenters. The molecule has 1 saturated heterocycles. The van der Waals surface area contributed by atoms with Crippen molar-refractivity contribution < 1.29 is 14.3 Å². The first kappa shape index (κ1) is 37.0. The predicted octanol–water partition coefficient (Wildman–Crippen LogP) is 7.41. The quantitative estimate of drug-likeness (QED) is 0.233. The number of likely N-dealkylation sites (N-methyl/N-ethyl adjacent to an activating group) is 1. The molecular weight excluding hydrogens is 448 g/mol. The summed E-state index contributed by atoms with van der Waals surface area (Å²) in [6.07, 6.45) is 9.09. The van der Waals surface area contributed by atoms with Crippen molar-refractivity contribution in [3.63, 3.8) is 0 Å². The van der Waals surface area contributed by atoms with E-state index in [4.69, 9.17) is 9.47 Å². The van der Waals surface area contributed by atoms with Crippen molar-refractivity contribution in [3.05, 3.63) is 23.8 Å². The highest BCUT2D eigenvalue weighted by Gasteiger charge is 2.23. The molecule has 1 aliphatic heterocycles. The van der Waals surface area contributed by atoms with Crippen molar-refractivity contribution in [2.24, 2.45) is 11.8 Å². The van der Waals surface area contributed by atoms with Gasteiger partial charge in [-0.2, -0.15) is 0 Å². The lowest BCUT2D eigenvalue weighted by atomic mass is 9.92. The third kappa shape index (κ3) is 15.2. The van der Waals surface area contributed by atoms with Crippen LogP contribution in [0.5, 0.6) is 0 Å². The Balaban J connectivity index is 0. The monoisotopic (exact) mass is 510 g/mol. The summed E-state index contributed by atoms with van der Waals surface area (Å²) in [7, 11) is 3.97. The average Bonchev–Trinajstić information content (AvgIpc) is 2.89. The number of ether oxygens (including phenoxy) is 2. The van der Waals surface area contributed by atoms with E-state index in [0.717, 1.165) is 45.4 Å². The zero-order valence-corrected chi connectivity index (χ0v) is 25.9. The molecule has 1 rings (SSSR count). The molecule has 1 N–H and O–H groups in total. The summed E-state index contributed by atoms with van der Waals surface area (Å²) in [5, 5.41) is 3.27. The standard InChI is InChI=1S/C27H50N2O3.2C2H6/c1-9-11-12-25(17-21(4)28-27(30)18-24-13-15-32-16-14-24)29(7)19-20(3)22(5)23(6)26(10-2)31-8;2*1-2/h10,21,23-26H,2,9,11-19H2,1,3-8H3,(H,28,30);2*1-2H3/b22-20+;;. The van der Waals surface area contributed by atoms with Crippen LogP contribution < -0.4 is 5.32 Å². The van der Waals surface area contributed by atoms with Crippen LogP contribution >= 0.6 is 0 Å². The summed E-state index contributed by atoms with van der Waals surface area (Å²) in [4.78, 5) is 15.0. The average molecular weight is 511 g/mol. The van der Waals surface area contributed by atoms with E-state index in [9.17, 15) is 4.79 Å². The largest absolute Gasteiger partial charge is 0.381 e. The molecule has 0 radical (unpaired) electrons. The fraction of sp³-hybridized carbons (Fsp3) is 0.839. The fourth-order valence-corrected chi connectivity index (χ4v) is 4.74. The molecule has 4 atom stereocenters. The highest BCUT2D eigenvalue weighted by atomic mass is 16.5. The van der Waals surface area contributed by atoms with E-state index >= 15 is 0 Å². The van der Waals surface area contributed by atoms with Crippen molar-refractivity contribution in [1.82, 2.24) is 10.2 Å². The first-order valence-corrected chi connectivity index (χ1v) is 14.6. The van der Waals surface area contributed by atoms with Crippen molar-refractivity contribution in [1.29, 1.82) is 0 Å². The molecular formula is C31H62N2O3. The Morgan fingerprint density at radius 2 is 1.75 bits per heavy atom. The number of carbonyl (C=O) groups excluding carboxylic acids is 1. The van der Waals surface area contributed by atoms with Crippen LogP contribution in [0.4, 0.5) is 0 Å². The molecule has 0 saturated carbocycles. The maximum atomic E-state index is 12.6. The summed E-state index contributed by atoms with van der Waals surface area (Å²) in [6.45, 7) is 25.5. The van der Waals surface area contributed by atoms with Crippen molar-refractivity contribution >= 4 is 5.91 Å². The molecule has 0 spiro atoms.